The molecule has 1 fully saturated rings. The predicted molar refractivity (Wildman–Crippen MR) is 125 cm³/mol. The number of para-hydroxylation sites is 1. The van der Waals surface area contributed by atoms with Gasteiger partial charge >= 0.3 is 11.9 Å². The maximum absolute atomic E-state index is 13.7. The molecule has 5 N–H and O–H groups in total. The summed E-state index contributed by atoms with van der Waals surface area (Å²) >= 11 is 0. The van der Waals surface area contributed by atoms with Crippen molar-refractivity contribution in [1.29, 1.82) is 0 Å². The molecule has 0 bridgehead atoms. The second kappa shape index (κ2) is 10.5. The van der Waals surface area contributed by atoms with Gasteiger partial charge in [0.25, 0.3) is 0 Å². The Morgan fingerprint density at radius 2 is 1.86 bits per heavy atom. The third kappa shape index (κ3) is 5.56. The van der Waals surface area contributed by atoms with Crippen LogP contribution in [0.4, 0.5) is 5.69 Å². The zero-order valence-corrected chi connectivity index (χ0v) is 20.1. The number of nitrogens with zero attached hydrogens (tertiary/aromatic N) is 1. The molecule has 1 aromatic carbocycles. The van der Waals surface area contributed by atoms with E-state index in [1.165, 1.54) is 11.8 Å². The van der Waals surface area contributed by atoms with Crippen molar-refractivity contribution in [1.82, 2.24) is 16.0 Å². The fourth-order valence-electron chi connectivity index (χ4n) is 4.95. The third-order valence-corrected chi connectivity index (χ3v) is 6.73. The van der Waals surface area contributed by atoms with Crippen LogP contribution in [0.15, 0.2) is 18.2 Å². The Hall–Kier alpha value is -4.00. The first-order chi connectivity index (χ1) is 17.5. The van der Waals surface area contributed by atoms with Gasteiger partial charge in [-0.15, -0.1) is 0 Å². The lowest BCUT2D eigenvalue weighted by atomic mass is 10.00. The van der Waals surface area contributed by atoms with Crippen LogP contribution in [-0.4, -0.2) is 76.7 Å². The highest BCUT2D eigenvalue weighted by atomic mass is 16.6. The number of aryl methyl sites for hydroxylation is 1. The maximum atomic E-state index is 13.7. The second-order valence-corrected chi connectivity index (χ2v) is 9.38. The largest absolute Gasteiger partial charge is 0.481 e. The van der Waals surface area contributed by atoms with Gasteiger partial charge in [-0.3, -0.25) is 33.7 Å². The van der Waals surface area contributed by atoms with Crippen molar-refractivity contribution in [2.45, 2.75) is 63.4 Å². The van der Waals surface area contributed by atoms with Crippen molar-refractivity contribution < 1.29 is 43.7 Å². The molecule has 4 rings (SSSR count). The Balaban J connectivity index is 1.55. The summed E-state index contributed by atoms with van der Waals surface area (Å²) in [5, 5.41) is 26.7. The van der Waals surface area contributed by atoms with E-state index in [0.717, 1.165) is 11.1 Å². The minimum Gasteiger partial charge on any atom is -0.481 e. The van der Waals surface area contributed by atoms with Crippen LogP contribution in [0.1, 0.15) is 37.3 Å². The lowest BCUT2D eigenvalue weighted by molar-refractivity contribution is -0.155. The molecule has 0 spiro atoms. The number of carbonyl (C=O) groups excluding carboxylic acids is 5. The van der Waals surface area contributed by atoms with Crippen molar-refractivity contribution in [3.8, 4) is 0 Å². The van der Waals surface area contributed by atoms with Gasteiger partial charge in [0.15, 0.2) is 0 Å². The van der Waals surface area contributed by atoms with Crippen LogP contribution >= 0.6 is 0 Å². The van der Waals surface area contributed by atoms with Gasteiger partial charge in [0, 0.05) is 19.9 Å². The molecule has 1 aromatic rings. The summed E-state index contributed by atoms with van der Waals surface area (Å²) in [6.07, 6.45) is -1.40. The number of aliphatic hydroxyl groups is 1. The number of esters is 1. The molecular weight excluding hydrogens is 488 g/mol. The van der Waals surface area contributed by atoms with Crippen LogP contribution in [-0.2, 0) is 46.3 Å². The average Bonchev–Trinajstić information content (AvgIpc) is 3.33. The third-order valence-electron chi connectivity index (χ3n) is 6.73. The van der Waals surface area contributed by atoms with Gasteiger partial charge in [-0.05, 0) is 24.0 Å². The molecule has 37 heavy (non-hydrogen) atoms. The van der Waals surface area contributed by atoms with Crippen LogP contribution in [0.5, 0.6) is 0 Å². The van der Waals surface area contributed by atoms with E-state index >= 15 is 0 Å². The maximum Gasteiger partial charge on any atom is 0.310 e. The Kier molecular flexibility index (Phi) is 7.43. The zero-order chi connectivity index (χ0) is 26.9. The molecule has 0 saturated carbocycles. The van der Waals surface area contributed by atoms with E-state index in [9.17, 15) is 39.0 Å². The van der Waals surface area contributed by atoms with Crippen LogP contribution < -0.4 is 20.9 Å². The number of aliphatic hydroxyl groups excluding tert-OH is 1. The number of aliphatic carboxylic acids is 1. The Labute approximate surface area is 211 Å². The molecule has 4 amide bonds. The number of carboxylic acids is 1. The molecule has 13 heteroatoms. The first-order valence-electron chi connectivity index (χ1n) is 11.9. The molecule has 0 radical (unpaired) electrons. The standard InChI is InChI=1S/C24H28N4O9/c1-11(29)25-10-14(8-18(30)31)21(33)26-15-6-5-12-3-2-4-13-7-17(28(20(12)13)23(15)35)22(34)27-16-9-19(32)37-24(16)36/h2-4,14-17,24,36H,5-10H2,1H3,(H,25,29)(H,26,33)(H,27,34)(H,30,31)/t14-,15+,16+,17?,24?/m1/s1. The van der Waals surface area contributed by atoms with Gasteiger partial charge in [0.05, 0.1) is 24.4 Å². The minimum atomic E-state index is -1.49. The number of carboxylic acid groups (broad SMARTS) is 1. The van der Waals surface area contributed by atoms with Crippen LogP contribution in [0.2, 0.25) is 0 Å². The normalized spacial score (nSPS) is 25.0. The van der Waals surface area contributed by atoms with Crippen LogP contribution in [0.3, 0.4) is 0 Å². The molecule has 0 aromatic heterocycles. The van der Waals surface area contributed by atoms with Crippen LogP contribution in [0.25, 0.3) is 0 Å². The number of nitrogens with one attached hydrogen (secondary N) is 3. The quantitative estimate of drug-likeness (QED) is 0.252. The van der Waals surface area contributed by atoms with E-state index < -0.39 is 72.3 Å². The van der Waals surface area contributed by atoms with E-state index in [4.69, 9.17) is 0 Å². The molecule has 0 aliphatic carbocycles. The summed E-state index contributed by atoms with van der Waals surface area (Å²) in [5.74, 6) is -5.24. The number of hydrogen-bond acceptors (Lipinski definition) is 8. The molecule has 5 atom stereocenters. The summed E-state index contributed by atoms with van der Waals surface area (Å²) in [6.45, 7) is 1.03. The summed E-state index contributed by atoms with van der Waals surface area (Å²) in [6, 6.07) is 2.47. The van der Waals surface area contributed by atoms with Crippen molar-refractivity contribution in [3.05, 3.63) is 29.3 Å². The van der Waals surface area contributed by atoms with Crippen LogP contribution in [0, 0.1) is 5.92 Å². The van der Waals surface area contributed by atoms with E-state index in [-0.39, 0.29) is 25.8 Å². The molecule has 3 aliphatic rings. The van der Waals surface area contributed by atoms with E-state index in [1.807, 2.05) is 12.1 Å². The summed E-state index contributed by atoms with van der Waals surface area (Å²) < 4.78 is 4.67. The molecule has 3 heterocycles. The number of cyclic esters (lactones) is 1. The molecule has 198 valence electrons. The second-order valence-electron chi connectivity index (χ2n) is 9.38. The smallest absolute Gasteiger partial charge is 0.310 e. The van der Waals surface area contributed by atoms with Gasteiger partial charge in [-0.25, -0.2) is 0 Å². The molecular formula is C24H28N4O9. The van der Waals surface area contributed by atoms with Crippen molar-refractivity contribution in [2.24, 2.45) is 5.92 Å². The Bertz CT molecular complexity index is 1150. The molecule has 3 aliphatic heterocycles. The van der Waals surface area contributed by atoms with Gasteiger partial charge in [-0.2, -0.15) is 0 Å². The number of carbonyl (C=O) groups is 6. The number of rotatable bonds is 8. The number of amides is 4. The molecule has 13 nitrogen and oxygen atoms in total. The average molecular weight is 517 g/mol. The van der Waals surface area contributed by atoms with Crippen molar-refractivity contribution in [2.75, 3.05) is 11.4 Å². The highest BCUT2D eigenvalue weighted by molar-refractivity contribution is 6.08. The van der Waals surface area contributed by atoms with Crippen molar-refractivity contribution in [3.63, 3.8) is 0 Å². The van der Waals surface area contributed by atoms with Gasteiger partial charge < -0.3 is 30.9 Å². The minimum absolute atomic E-state index is 0.198. The van der Waals surface area contributed by atoms with Crippen molar-refractivity contribution >= 4 is 41.3 Å². The van der Waals surface area contributed by atoms with Gasteiger partial charge in [0.1, 0.15) is 18.1 Å². The Morgan fingerprint density at radius 3 is 2.51 bits per heavy atom. The zero-order valence-electron chi connectivity index (χ0n) is 20.1. The number of hydrogen-bond donors (Lipinski definition) is 5. The SMILES string of the molecule is CC(=O)NC[C@@H](CC(=O)O)C(=O)N[C@H]1CCc2cccc3c2N(C1=O)C(C(=O)N[C@H]1CC(=O)OC1O)C3. The topological polar surface area (TPSA) is 191 Å². The highest BCUT2D eigenvalue weighted by Crippen LogP contribution is 2.39. The van der Waals surface area contributed by atoms with Gasteiger partial charge in [-0.1, -0.05) is 18.2 Å². The van der Waals surface area contributed by atoms with Gasteiger partial charge in [0.2, 0.25) is 29.9 Å². The fourth-order valence-corrected chi connectivity index (χ4v) is 4.95. The first-order valence-corrected chi connectivity index (χ1v) is 11.9. The number of ether oxygens (including phenoxy) is 1. The molecule has 2 unspecified atom stereocenters. The summed E-state index contributed by atoms with van der Waals surface area (Å²) in [5.41, 5.74) is 2.17. The summed E-state index contributed by atoms with van der Waals surface area (Å²) in [7, 11) is 0. The lowest BCUT2D eigenvalue weighted by Gasteiger charge is -2.29. The lowest BCUT2D eigenvalue weighted by Crippen LogP contribution is -2.57. The van der Waals surface area contributed by atoms with E-state index in [1.54, 1.807) is 6.07 Å². The Morgan fingerprint density at radius 1 is 1.14 bits per heavy atom. The molecule has 1 saturated heterocycles. The monoisotopic (exact) mass is 516 g/mol. The van der Waals surface area contributed by atoms with E-state index in [2.05, 4.69) is 20.7 Å². The highest BCUT2D eigenvalue weighted by Gasteiger charge is 2.46. The number of benzene rings is 1. The number of anilines is 1. The fraction of sp³-hybridized carbons (Fsp3) is 0.500. The predicted octanol–water partition coefficient (Wildman–Crippen LogP) is -1.65. The van der Waals surface area contributed by atoms with E-state index in [0.29, 0.717) is 12.1 Å². The summed E-state index contributed by atoms with van der Waals surface area (Å²) in [4.78, 5) is 75.2. The first kappa shape index (κ1) is 26.1.